The average molecular weight is 371 g/mol. The number of amides is 1. The maximum atomic E-state index is 12.2. The van der Waals surface area contributed by atoms with Crippen molar-refractivity contribution in [1.82, 2.24) is 5.32 Å². The molecule has 5 heteroatoms. The number of thioether (sulfide) groups is 1. The van der Waals surface area contributed by atoms with Crippen LogP contribution in [0, 0.1) is 6.92 Å². The predicted molar refractivity (Wildman–Crippen MR) is 108 cm³/mol. The fourth-order valence-electron chi connectivity index (χ4n) is 2.38. The van der Waals surface area contributed by atoms with Crippen molar-refractivity contribution in [3.63, 3.8) is 0 Å². The molecule has 1 saturated heterocycles. The minimum absolute atomic E-state index is 0.130. The molecular weight excluding hydrogens is 352 g/mol. The zero-order valence-electron chi connectivity index (χ0n) is 14.3. The van der Waals surface area contributed by atoms with E-state index < -0.39 is 0 Å². The lowest BCUT2D eigenvalue weighted by Gasteiger charge is -2.04. The van der Waals surface area contributed by atoms with Gasteiger partial charge in [0.25, 0.3) is 5.91 Å². The van der Waals surface area contributed by atoms with Crippen LogP contribution in [0.3, 0.4) is 0 Å². The number of aliphatic imine (C=N–C) groups is 1. The van der Waals surface area contributed by atoms with Gasteiger partial charge in [-0.15, -0.1) is 0 Å². The highest BCUT2D eigenvalue weighted by atomic mass is 35.5. The highest BCUT2D eigenvalue weighted by Crippen LogP contribution is 2.29. The predicted octanol–water partition coefficient (Wildman–Crippen LogP) is 5.66. The Morgan fingerprint density at radius 3 is 2.52 bits per heavy atom. The van der Waals surface area contributed by atoms with Crippen molar-refractivity contribution in [3.05, 3.63) is 69.1 Å². The van der Waals surface area contributed by atoms with Gasteiger partial charge in [-0.3, -0.25) is 4.79 Å². The fourth-order valence-corrected chi connectivity index (χ4v) is 3.39. The van der Waals surface area contributed by atoms with Crippen molar-refractivity contribution in [1.29, 1.82) is 0 Å². The van der Waals surface area contributed by atoms with Gasteiger partial charge in [0.2, 0.25) is 0 Å². The van der Waals surface area contributed by atoms with Crippen molar-refractivity contribution in [2.75, 3.05) is 0 Å². The zero-order valence-corrected chi connectivity index (χ0v) is 15.9. The molecule has 2 aromatic carbocycles. The first-order valence-electron chi connectivity index (χ1n) is 8.08. The largest absolute Gasteiger partial charge is 0.300 e. The van der Waals surface area contributed by atoms with Gasteiger partial charge in [-0.1, -0.05) is 55.8 Å². The standard InChI is InChI=1S/C20H19ClN2OS/c1-12(2)15-7-5-14(6-8-15)10-18-19(24)23-20(25-18)22-16-9-4-13(3)17(21)11-16/h4-12H,1-3H3,(H,22,23,24)/b18-10-. The normalized spacial score (nSPS) is 17.6. The van der Waals surface area contributed by atoms with Crippen molar-refractivity contribution < 1.29 is 4.79 Å². The van der Waals surface area contributed by atoms with E-state index >= 15 is 0 Å². The number of carbonyl (C=O) groups excluding carboxylic acids is 1. The van der Waals surface area contributed by atoms with Gasteiger partial charge < -0.3 is 5.32 Å². The Morgan fingerprint density at radius 1 is 1.16 bits per heavy atom. The molecule has 0 saturated carbocycles. The molecule has 1 heterocycles. The lowest BCUT2D eigenvalue weighted by atomic mass is 10.0. The van der Waals surface area contributed by atoms with Crippen LogP contribution in [-0.4, -0.2) is 11.1 Å². The number of rotatable bonds is 3. The van der Waals surface area contributed by atoms with Gasteiger partial charge >= 0.3 is 0 Å². The van der Waals surface area contributed by atoms with Crippen molar-refractivity contribution in [2.45, 2.75) is 26.7 Å². The molecule has 3 rings (SSSR count). The SMILES string of the molecule is Cc1ccc(N=C2NC(=O)/C(=C/c3ccc(C(C)C)cc3)S2)cc1Cl. The molecule has 0 aliphatic carbocycles. The summed E-state index contributed by atoms with van der Waals surface area (Å²) in [7, 11) is 0. The van der Waals surface area contributed by atoms with Gasteiger partial charge in [0, 0.05) is 5.02 Å². The summed E-state index contributed by atoms with van der Waals surface area (Å²) in [6, 6.07) is 13.8. The monoisotopic (exact) mass is 370 g/mol. The zero-order chi connectivity index (χ0) is 18.0. The molecule has 25 heavy (non-hydrogen) atoms. The van der Waals surface area contributed by atoms with E-state index in [-0.39, 0.29) is 5.91 Å². The van der Waals surface area contributed by atoms with E-state index in [1.165, 1.54) is 17.3 Å². The van der Waals surface area contributed by atoms with E-state index in [1.807, 2.05) is 37.3 Å². The number of hydrogen-bond acceptors (Lipinski definition) is 3. The van der Waals surface area contributed by atoms with Gasteiger partial charge in [-0.2, -0.15) is 0 Å². The highest BCUT2D eigenvalue weighted by molar-refractivity contribution is 8.18. The topological polar surface area (TPSA) is 41.5 Å². The van der Waals surface area contributed by atoms with E-state index in [9.17, 15) is 4.79 Å². The van der Waals surface area contributed by atoms with Crippen LogP contribution in [0.2, 0.25) is 5.02 Å². The minimum Gasteiger partial charge on any atom is -0.300 e. The molecule has 0 unspecified atom stereocenters. The summed E-state index contributed by atoms with van der Waals surface area (Å²) in [5, 5.41) is 4.03. The molecule has 1 amide bonds. The number of benzene rings is 2. The van der Waals surface area contributed by atoms with Crippen LogP contribution in [0.4, 0.5) is 5.69 Å². The van der Waals surface area contributed by atoms with Gasteiger partial charge in [0.1, 0.15) is 0 Å². The minimum atomic E-state index is -0.130. The lowest BCUT2D eigenvalue weighted by molar-refractivity contribution is -0.115. The number of nitrogens with zero attached hydrogens (tertiary/aromatic N) is 1. The molecule has 2 aromatic rings. The quantitative estimate of drug-likeness (QED) is 0.708. The first-order chi connectivity index (χ1) is 11.9. The van der Waals surface area contributed by atoms with Crippen molar-refractivity contribution in [2.24, 2.45) is 4.99 Å². The summed E-state index contributed by atoms with van der Waals surface area (Å²) < 4.78 is 0. The van der Waals surface area contributed by atoms with Crippen LogP contribution < -0.4 is 5.32 Å². The van der Waals surface area contributed by atoms with E-state index in [2.05, 4.69) is 36.3 Å². The van der Waals surface area contributed by atoms with Crippen molar-refractivity contribution in [3.8, 4) is 0 Å². The van der Waals surface area contributed by atoms with Gasteiger partial charge in [-0.25, -0.2) is 4.99 Å². The molecule has 0 aromatic heterocycles. The number of halogens is 1. The molecular formula is C20H19ClN2OS. The van der Waals surface area contributed by atoms with Gasteiger partial charge in [0.15, 0.2) is 5.17 Å². The van der Waals surface area contributed by atoms with Crippen LogP contribution in [0.5, 0.6) is 0 Å². The Hall–Kier alpha value is -2.04. The van der Waals surface area contributed by atoms with E-state index in [1.54, 1.807) is 6.07 Å². The Kier molecular flexibility index (Phi) is 5.30. The summed E-state index contributed by atoms with van der Waals surface area (Å²) in [5.74, 6) is 0.362. The first-order valence-corrected chi connectivity index (χ1v) is 9.27. The second kappa shape index (κ2) is 7.46. The third kappa shape index (κ3) is 4.33. The van der Waals surface area contributed by atoms with Crippen LogP contribution in [-0.2, 0) is 4.79 Å². The van der Waals surface area contributed by atoms with Gasteiger partial charge in [0.05, 0.1) is 10.6 Å². The molecule has 1 aliphatic rings. The molecule has 128 valence electrons. The molecule has 0 atom stereocenters. The van der Waals surface area contributed by atoms with Crippen LogP contribution in [0.1, 0.15) is 36.5 Å². The van der Waals surface area contributed by atoms with E-state index in [0.717, 1.165) is 16.8 Å². The molecule has 1 N–H and O–H groups in total. The molecule has 0 bridgehead atoms. The van der Waals surface area contributed by atoms with Gasteiger partial charge in [-0.05, 0) is 59.5 Å². The number of aryl methyl sites for hydroxylation is 1. The van der Waals surface area contributed by atoms with E-state index in [4.69, 9.17) is 11.6 Å². The van der Waals surface area contributed by atoms with E-state index in [0.29, 0.717) is 21.0 Å². The number of nitrogens with one attached hydrogen (secondary N) is 1. The number of amidine groups is 1. The fraction of sp³-hybridized carbons (Fsp3) is 0.200. The van der Waals surface area contributed by atoms with Crippen LogP contribution in [0.25, 0.3) is 6.08 Å². The Labute approximate surface area is 157 Å². The molecule has 0 radical (unpaired) electrons. The summed E-state index contributed by atoms with van der Waals surface area (Å²) in [6.07, 6.45) is 1.88. The second-order valence-electron chi connectivity index (χ2n) is 6.24. The second-order valence-corrected chi connectivity index (χ2v) is 7.67. The molecule has 3 nitrogen and oxygen atoms in total. The molecule has 1 fully saturated rings. The van der Waals surface area contributed by atoms with Crippen LogP contribution >= 0.6 is 23.4 Å². The summed E-state index contributed by atoms with van der Waals surface area (Å²) >= 11 is 7.46. The third-order valence-electron chi connectivity index (χ3n) is 3.94. The average Bonchev–Trinajstić information content (AvgIpc) is 2.91. The smallest absolute Gasteiger partial charge is 0.264 e. The number of hydrogen-bond donors (Lipinski definition) is 1. The highest BCUT2D eigenvalue weighted by Gasteiger charge is 2.23. The summed E-state index contributed by atoms with van der Waals surface area (Å²) in [4.78, 5) is 17.3. The summed E-state index contributed by atoms with van der Waals surface area (Å²) in [6.45, 7) is 6.26. The molecule has 0 spiro atoms. The Balaban J connectivity index is 1.79. The maximum absolute atomic E-state index is 12.2. The summed E-state index contributed by atoms with van der Waals surface area (Å²) in [5.41, 5.74) is 4.01. The molecule has 1 aliphatic heterocycles. The van der Waals surface area contributed by atoms with Crippen LogP contribution in [0.15, 0.2) is 52.4 Å². The number of carbonyl (C=O) groups is 1. The van der Waals surface area contributed by atoms with Crippen molar-refractivity contribution >= 4 is 46.2 Å². The maximum Gasteiger partial charge on any atom is 0.264 e. The first kappa shape index (κ1) is 17.8. The Morgan fingerprint density at radius 2 is 1.88 bits per heavy atom. The third-order valence-corrected chi connectivity index (χ3v) is 5.25. The lowest BCUT2D eigenvalue weighted by Crippen LogP contribution is -2.19. The Bertz CT molecular complexity index is 870.